The van der Waals surface area contributed by atoms with Gasteiger partial charge in [-0.25, -0.2) is 9.97 Å². The summed E-state index contributed by atoms with van der Waals surface area (Å²) < 4.78 is 0. The summed E-state index contributed by atoms with van der Waals surface area (Å²) in [5.41, 5.74) is 1.14. The summed E-state index contributed by atoms with van der Waals surface area (Å²) in [6.07, 6.45) is 3.47. The molecule has 0 radical (unpaired) electrons. The molecule has 0 amide bonds. The molecule has 0 aliphatic heterocycles. The van der Waals surface area contributed by atoms with Crippen LogP contribution in [0.3, 0.4) is 0 Å². The fourth-order valence-electron chi connectivity index (χ4n) is 2.06. The molecular formula is C15H28N4O. The van der Waals surface area contributed by atoms with Gasteiger partial charge in [-0.3, -0.25) is 0 Å². The lowest BCUT2D eigenvalue weighted by Gasteiger charge is -2.19. The summed E-state index contributed by atoms with van der Waals surface area (Å²) in [4.78, 5) is 8.74. The number of rotatable bonds is 9. The lowest BCUT2D eigenvalue weighted by molar-refractivity contribution is 0.266. The van der Waals surface area contributed by atoms with Crippen LogP contribution in [0.5, 0.6) is 0 Å². The average Bonchev–Trinajstić information content (AvgIpc) is 2.42. The zero-order valence-corrected chi connectivity index (χ0v) is 13.1. The second-order valence-corrected chi connectivity index (χ2v) is 5.56. The van der Waals surface area contributed by atoms with E-state index < -0.39 is 0 Å². The maximum atomic E-state index is 8.95. The molecule has 0 fully saturated rings. The van der Waals surface area contributed by atoms with Crippen LogP contribution in [0, 0.1) is 5.92 Å². The predicted molar refractivity (Wildman–Crippen MR) is 84.3 cm³/mol. The minimum absolute atomic E-state index is 0.229. The Kier molecular flexibility index (Phi) is 7.30. The van der Waals surface area contributed by atoms with Crippen LogP contribution in [0.2, 0.25) is 0 Å². The van der Waals surface area contributed by atoms with Gasteiger partial charge in [0.05, 0.1) is 0 Å². The first-order chi connectivity index (χ1) is 9.60. The molecule has 114 valence electrons. The van der Waals surface area contributed by atoms with Gasteiger partial charge in [-0.1, -0.05) is 27.7 Å². The molecule has 0 bridgehead atoms. The Labute approximate surface area is 122 Å². The monoisotopic (exact) mass is 280 g/mol. The highest BCUT2D eigenvalue weighted by Crippen LogP contribution is 2.28. The molecule has 1 aromatic rings. The first-order valence-electron chi connectivity index (χ1n) is 7.53. The fraction of sp³-hybridized carbons (Fsp3) is 0.733. The summed E-state index contributed by atoms with van der Waals surface area (Å²) in [6, 6.07) is 0. The molecule has 1 heterocycles. The van der Waals surface area contributed by atoms with E-state index in [9.17, 15) is 0 Å². The van der Waals surface area contributed by atoms with Crippen molar-refractivity contribution in [2.75, 3.05) is 30.3 Å². The third kappa shape index (κ3) is 4.96. The van der Waals surface area contributed by atoms with Crippen molar-refractivity contribution < 1.29 is 5.11 Å². The molecule has 3 N–H and O–H groups in total. The van der Waals surface area contributed by atoms with Crippen molar-refractivity contribution in [3.8, 4) is 0 Å². The van der Waals surface area contributed by atoms with Crippen molar-refractivity contribution in [3.05, 3.63) is 11.9 Å². The van der Waals surface area contributed by atoms with Crippen LogP contribution in [0.15, 0.2) is 6.33 Å². The second kappa shape index (κ2) is 8.74. The lowest BCUT2D eigenvalue weighted by Crippen LogP contribution is -2.16. The number of hydrogen-bond acceptors (Lipinski definition) is 5. The largest absolute Gasteiger partial charge is 0.396 e. The number of anilines is 2. The van der Waals surface area contributed by atoms with Crippen LogP contribution < -0.4 is 10.6 Å². The van der Waals surface area contributed by atoms with E-state index in [1.807, 2.05) is 0 Å². The van der Waals surface area contributed by atoms with Crippen molar-refractivity contribution >= 4 is 11.6 Å². The summed E-state index contributed by atoms with van der Waals surface area (Å²) >= 11 is 0. The quantitative estimate of drug-likeness (QED) is 0.649. The molecule has 5 heteroatoms. The molecule has 1 aromatic heterocycles. The third-order valence-electron chi connectivity index (χ3n) is 3.24. The highest BCUT2D eigenvalue weighted by molar-refractivity contribution is 5.59. The van der Waals surface area contributed by atoms with Crippen molar-refractivity contribution in [3.63, 3.8) is 0 Å². The van der Waals surface area contributed by atoms with Crippen molar-refractivity contribution in [1.29, 1.82) is 0 Å². The fourth-order valence-corrected chi connectivity index (χ4v) is 2.06. The van der Waals surface area contributed by atoms with Gasteiger partial charge in [0.2, 0.25) is 0 Å². The number of aliphatic hydroxyl groups is 1. The Morgan fingerprint density at radius 3 is 2.35 bits per heavy atom. The lowest BCUT2D eigenvalue weighted by atomic mass is 10.0. The minimum Gasteiger partial charge on any atom is -0.396 e. The summed E-state index contributed by atoms with van der Waals surface area (Å²) in [5, 5.41) is 15.7. The molecule has 20 heavy (non-hydrogen) atoms. The van der Waals surface area contributed by atoms with E-state index in [1.165, 1.54) is 0 Å². The van der Waals surface area contributed by atoms with E-state index in [1.54, 1.807) is 6.33 Å². The second-order valence-electron chi connectivity index (χ2n) is 5.56. The van der Waals surface area contributed by atoms with Crippen LogP contribution >= 0.6 is 0 Å². The standard InChI is InChI=1S/C15H28N4O/c1-5-7-16-14-13(11(2)3)15(19-10-18-14)17-9-12(4)6-8-20/h10-12,20H,5-9H2,1-4H3,(H2,16,17,18,19). The molecule has 0 saturated heterocycles. The normalized spacial score (nSPS) is 12.5. The molecule has 0 saturated carbocycles. The molecule has 0 aliphatic carbocycles. The first kappa shape index (κ1) is 16.7. The van der Waals surface area contributed by atoms with E-state index >= 15 is 0 Å². The van der Waals surface area contributed by atoms with Gasteiger partial charge >= 0.3 is 0 Å². The molecule has 0 aliphatic rings. The van der Waals surface area contributed by atoms with E-state index in [0.29, 0.717) is 11.8 Å². The molecule has 1 unspecified atom stereocenters. The number of nitrogens with zero attached hydrogens (tertiary/aromatic N) is 2. The van der Waals surface area contributed by atoms with E-state index in [0.717, 1.165) is 43.1 Å². The van der Waals surface area contributed by atoms with Gasteiger partial charge in [0.25, 0.3) is 0 Å². The zero-order chi connectivity index (χ0) is 15.0. The first-order valence-corrected chi connectivity index (χ1v) is 7.53. The van der Waals surface area contributed by atoms with Crippen molar-refractivity contribution in [1.82, 2.24) is 9.97 Å². The summed E-state index contributed by atoms with van der Waals surface area (Å²) in [5.74, 6) is 2.60. The number of aliphatic hydroxyl groups excluding tert-OH is 1. The Morgan fingerprint density at radius 2 is 1.80 bits per heavy atom. The van der Waals surface area contributed by atoms with Crippen LogP contribution in [-0.4, -0.2) is 34.8 Å². The maximum absolute atomic E-state index is 8.95. The van der Waals surface area contributed by atoms with E-state index in [2.05, 4.69) is 48.3 Å². The van der Waals surface area contributed by atoms with Gasteiger partial charge in [-0.05, 0) is 24.7 Å². The van der Waals surface area contributed by atoms with E-state index in [4.69, 9.17) is 5.11 Å². The highest BCUT2D eigenvalue weighted by Gasteiger charge is 2.15. The van der Waals surface area contributed by atoms with E-state index in [-0.39, 0.29) is 6.61 Å². The Balaban J connectivity index is 2.83. The third-order valence-corrected chi connectivity index (χ3v) is 3.24. The Bertz CT molecular complexity index is 395. The van der Waals surface area contributed by atoms with Crippen molar-refractivity contribution in [2.45, 2.75) is 46.5 Å². The number of nitrogens with one attached hydrogen (secondary N) is 2. The molecule has 0 spiro atoms. The average molecular weight is 280 g/mol. The van der Waals surface area contributed by atoms with Crippen LogP contribution in [-0.2, 0) is 0 Å². The zero-order valence-electron chi connectivity index (χ0n) is 13.1. The number of aromatic nitrogens is 2. The minimum atomic E-state index is 0.229. The van der Waals surface area contributed by atoms with Crippen LogP contribution in [0.4, 0.5) is 11.6 Å². The molecule has 1 atom stereocenters. The van der Waals surface area contributed by atoms with Gasteiger partial charge in [0.1, 0.15) is 18.0 Å². The summed E-state index contributed by atoms with van der Waals surface area (Å²) in [7, 11) is 0. The maximum Gasteiger partial charge on any atom is 0.134 e. The summed E-state index contributed by atoms with van der Waals surface area (Å²) in [6.45, 7) is 10.5. The SMILES string of the molecule is CCCNc1ncnc(NCC(C)CCO)c1C(C)C. The Morgan fingerprint density at radius 1 is 1.15 bits per heavy atom. The smallest absolute Gasteiger partial charge is 0.134 e. The van der Waals surface area contributed by atoms with Crippen LogP contribution in [0.1, 0.15) is 52.0 Å². The van der Waals surface area contributed by atoms with Gasteiger partial charge < -0.3 is 15.7 Å². The topological polar surface area (TPSA) is 70.1 Å². The molecule has 1 rings (SSSR count). The highest BCUT2D eigenvalue weighted by atomic mass is 16.3. The van der Waals surface area contributed by atoms with Crippen molar-refractivity contribution in [2.24, 2.45) is 5.92 Å². The number of hydrogen-bond donors (Lipinski definition) is 3. The van der Waals surface area contributed by atoms with Gasteiger partial charge in [0, 0.05) is 25.3 Å². The van der Waals surface area contributed by atoms with Gasteiger partial charge in [-0.15, -0.1) is 0 Å². The Hall–Kier alpha value is -1.36. The van der Waals surface area contributed by atoms with Crippen LogP contribution in [0.25, 0.3) is 0 Å². The van der Waals surface area contributed by atoms with Gasteiger partial charge in [-0.2, -0.15) is 0 Å². The molecule has 5 nitrogen and oxygen atoms in total. The predicted octanol–water partition coefficient (Wildman–Crippen LogP) is 2.85. The molecular weight excluding hydrogens is 252 g/mol. The molecule has 0 aromatic carbocycles. The van der Waals surface area contributed by atoms with Gasteiger partial charge in [0.15, 0.2) is 0 Å².